The van der Waals surface area contributed by atoms with Crippen molar-refractivity contribution in [2.24, 2.45) is 0 Å². The summed E-state index contributed by atoms with van der Waals surface area (Å²) in [5, 5.41) is 2.88. The summed E-state index contributed by atoms with van der Waals surface area (Å²) in [6.45, 7) is 2.84. The van der Waals surface area contributed by atoms with Crippen molar-refractivity contribution in [1.29, 1.82) is 0 Å². The first-order chi connectivity index (χ1) is 10.3. The zero-order valence-electron chi connectivity index (χ0n) is 12.2. The van der Waals surface area contributed by atoms with Gasteiger partial charge in [0.25, 0.3) is 0 Å². The molecule has 112 valence electrons. The first kappa shape index (κ1) is 15.3. The van der Waals surface area contributed by atoms with Gasteiger partial charge >= 0.3 is 0 Å². The SMILES string of the molecule is CC(OCc1ccccc1)C(=O)NCCCc1ncc[nH]1. The molecular weight excluding hydrogens is 266 g/mol. The predicted molar refractivity (Wildman–Crippen MR) is 80.6 cm³/mol. The molecule has 1 atom stereocenters. The first-order valence-corrected chi connectivity index (χ1v) is 7.17. The number of hydrogen-bond acceptors (Lipinski definition) is 3. The molecule has 0 fully saturated rings. The number of H-pyrrole nitrogens is 1. The largest absolute Gasteiger partial charge is 0.364 e. The molecule has 0 saturated heterocycles. The lowest BCUT2D eigenvalue weighted by molar-refractivity contribution is -0.132. The molecule has 5 nitrogen and oxygen atoms in total. The molecule has 1 aromatic carbocycles. The number of aryl methyl sites for hydroxylation is 1. The van der Waals surface area contributed by atoms with Crippen molar-refractivity contribution in [2.45, 2.75) is 32.5 Å². The Labute approximate surface area is 124 Å². The molecule has 21 heavy (non-hydrogen) atoms. The molecule has 0 bridgehead atoms. The zero-order valence-corrected chi connectivity index (χ0v) is 12.2. The van der Waals surface area contributed by atoms with E-state index in [4.69, 9.17) is 4.74 Å². The lowest BCUT2D eigenvalue weighted by atomic mass is 10.2. The molecule has 0 spiro atoms. The average Bonchev–Trinajstić information content (AvgIpc) is 3.03. The van der Waals surface area contributed by atoms with Crippen molar-refractivity contribution in [3.05, 3.63) is 54.1 Å². The second-order valence-corrected chi connectivity index (χ2v) is 4.87. The number of nitrogens with zero attached hydrogens (tertiary/aromatic N) is 1. The summed E-state index contributed by atoms with van der Waals surface area (Å²) in [5.41, 5.74) is 1.06. The fourth-order valence-corrected chi connectivity index (χ4v) is 1.92. The molecule has 0 aliphatic heterocycles. The minimum Gasteiger partial charge on any atom is -0.364 e. The van der Waals surface area contributed by atoms with Crippen LogP contribution in [0.15, 0.2) is 42.7 Å². The topological polar surface area (TPSA) is 67.0 Å². The van der Waals surface area contributed by atoms with E-state index in [1.807, 2.05) is 30.3 Å². The molecule has 0 aliphatic rings. The van der Waals surface area contributed by atoms with Gasteiger partial charge in [0.2, 0.25) is 5.91 Å². The normalized spacial score (nSPS) is 12.0. The summed E-state index contributed by atoms with van der Waals surface area (Å²) < 4.78 is 5.56. The van der Waals surface area contributed by atoms with Gasteiger partial charge in [0, 0.05) is 25.4 Å². The quantitative estimate of drug-likeness (QED) is 0.730. The van der Waals surface area contributed by atoms with E-state index < -0.39 is 6.10 Å². The number of imidazole rings is 1. The van der Waals surface area contributed by atoms with E-state index in [1.165, 1.54) is 0 Å². The van der Waals surface area contributed by atoms with Crippen LogP contribution in [0.5, 0.6) is 0 Å². The Morgan fingerprint density at radius 1 is 1.38 bits per heavy atom. The van der Waals surface area contributed by atoms with Gasteiger partial charge in [-0.05, 0) is 18.9 Å². The van der Waals surface area contributed by atoms with Crippen molar-refractivity contribution < 1.29 is 9.53 Å². The van der Waals surface area contributed by atoms with Crippen LogP contribution in [0.1, 0.15) is 24.7 Å². The summed E-state index contributed by atoms with van der Waals surface area (Å²) in [5.74, 6) is 0.864. The van der Waals surface area contributed by atoms with Gasteiger partial charge in [0.1, 0.15) is 11.9 Å². The van der Waals surface area contributed by atoms with Crippen LogP contribution in [-0.2, 0) is 22.6 Å². The van der Waals surface area contributed by atoms with Crippen LogP contribution < -0.4 is 5.32 Å². The van der Waals surface area contributed by atoms with Gasteiger partial charge in [-0.3, -0.25) is 4.79 Å². The lowest BCUT2D eigenvalue weighted by Crippen LogP contribution is -2.35. The number of nitrogens with one attached hydrogen (secondary N) is 2. The van der Waals surface area contributed by atoms with Crippen LogP contribution in [0.2, 0.25) is 0 Å². The van der Waals surface area contributed by atoms with Gasteiger partial charge in [-0.1, -0.05) is 30.3 Å². The molecule has 1 amide bonds. The summed E-state index contributed by atoms with van der Waals surface area (Å²) >= 11 is 0. The Morgan fingerprint density at radius 3 is 2.90 bits per heavy atom. The molecule has 5 heteroatoms. The van der Waals surface area contributed by atoms with E-state index in [9.17, 15) is 4.79 Å². The Bertz CT molecular complexity index is 526. The Hall–Kier alpha value is -2.14. The minimum atomic E-state index is -0.450. The molecule has 0 aliphatic carbocycles. The number of aromatic amines is 1. The maximum absolute atomic E-state index is 11.9. The fourth-order valence-electron chi connectivity index (χ4n) is 1.92. The van der Waals surface area contributed by atoms with Gasteiger partial charge in [0.05, 0.1) is 6.61 Å². The van der Waals surface area contributed by atoms with Crippen LogP contribution in [0.4, 0.5) is 0 Å². The third kappa shape index (κ3) is 5.39. The molecular formula is C16H21N3O2. The van der Waals surface area contributed by atoms with E-state index in [1.54, 1.807) is 19.3 Å². The van der Waals surface area contributed by atoms with Crippen molar-refractivity contribution in [1.82, 2.24) is 15.3 Å². The third-order valence-electron chi connectivity index (χ3n) is 3.16. The highest BCUT2D eigenvalue weighted by atomic mass is 16.5. The zero-order chi connectivity index (χ0) is 14.9. The molecule has 0 saturated carbocycles. The highest BCUT2D eigenvalue weighted by molar-refractivity contribution is 5.80. The van der Waals surface area contributed by atoms with Gasteiger partial charge in [-0.25, -0.2) is 4.98 Å². The second kappa shape index (κ2) is 8.21. The van der Waals surface area contributed by atoms with Crippen LogP contribution in [0.25, 0.3) is 0 Å². The van der Waals surface area contributed by atoms with Crippen molar-refractivity contribution in [3.63, 3.8) is 0 Å². The van der Waals surface area contributed by atoms with E-state index in [-0.39, 0.29) is 5.91 Å². The number of carbonyl (C=O) groups is 1. The number of carbonyl (C=O) groups excluding carboxylic acids is 1. The van der Waals surface area contributed by atoms with Crippen molar-refractivity contribution >= 4 is 5.91 Å². The number of aromatic nitrogens is 2. The predicted octanol–water partition coefficient (Wildman–Crippen LogP) is 2.06. The fraction of sp³-hybridized carbons (Fsp3) is 0.375. The Balaban J connectivity index is 1.61. The van der Waals surface area contributed by atoms with E-state index in [2.05, 4.69) is 15.3 Å². The van der Waals surface area contributed by atoms with E-state index in [0.717, 1.165) is 24.2 Å². The maximum atomic E-state index is 11.9. The number of hydrogen-bond donors (Lipinski definition) is 2. The van der Waals surface area contributed by atoms with Gasteiger partial charge in [0.15, 0.2) is 0 Å². The second-order valence-electron chi connectivity index (χ2n) is 4.87. The molecule has 1 aromatic heterocycles. The van der Waals surface area contributed by atoms with Crippen LogP contribution >= 0.6 is 0 Å². The lowest BCUT2D eigenvalue weighted by Gasteiger charge is -2.13. The van der Waals surface area contributed by atoms with Crippen LogP contribution in [0, 0.1) is 0 Å². The molecule has 2 aromatic rings. The smallest absolute Gasteiger partial charge is 0.248 e. The van der Waals surface area contributed by atoms with Crippen molar-refractivity contribution in [3.8, 4) is 0 Å². The number of ether oxygens (including phenoxy) is 1. The minimum absolute atomic E-state index is 0.0784. The third-order valence-corrected chi connectivity index (χ3v) is 3.16. The van der Waals surface area contributed by atoms with E-state index >= 15 is 0 Å². The maximum Gasteiger partial charge on any atom is 0.248 e. The van der Waals surface area contributed by atoms with Gasteiger partial charge in [-0.2, -0.15) is 0 Å². The van der Waals surface area contributed by atoms with Crippen LogP contribution in [0.3, 0.4) is 0 Å². The van der Waals surface area contributed by atoms with E-state index in [0.29, 0.717) is 13.2 Å². The number of benzene rings is 1. The van der Waals surface area contributed by atoms with Gasteiger partial charge < -0.3 is 15.0 Å². The summed E-state index contributed by atoms with van der Waals surface area (Å²) in [7, 11) is 0. The monoisotopic (exact) mass is 287 g/mol. The molecule has 1 heterocycles. The molecule has 2 N–H and O–H groups in total. The average molecular weight is 287 g/mol. The molecule has 2 rings (SSSR count). The number of amides is 1. The standard InChI is InChI=1S/C16H21N3O2/c1-13(21-12-14-6-3-2-4-7-14)16(20)19-9-5-8-15-17-10-11-18-15/h2-4,6-7,10-11,13H,5,8-9,12H2,1H3,(H,17,18)(H,19,20). The first-order valence-electron chi connectivity index (χ1n) is 7.17. The number of rotatable bonds is 8. The van der Waals surface area contributed by atoms with Crippen LogP contribution in [-0.4, -0.2) is 28.5 Å². The highest BCUT2D eigenvalue weighted by Gasteiger charge is 2.12. The Kier molecular flexibility index (Phi) is 5.97. The summed E-state index contributed by atoms with van der Waals surface area (Å²) in [6.07, 6.45) is 4.76. The van der Waals surface area contributed by atoms with Crippen molar-refractivity contribution in [2.75, 3.05) is 6.54 Å². The molecule has 1 unspecified atom stereocenters. The summed E-state index contributed by atoms with van der Waals surface area (Å²) in [4.78, 5) is 19.0. The highest BCUT2D eigenvalue weighted by Crippen LogP contribution is 2.03. The summed E-state index contributed by atoms with van der Waals surface area (Å²) in [6, 6.07) is 9.83. The molecule has 0 radical (unpaired) electrons. The Morgan fingerprint density at radius 2 is 2.19 bits per heavy atom. The van der Waals surface area contributed by atoms with Gasteiger partial charge in [-0.15, -0.1) is 0 Å².